The Morgan fingerprint density at radius 1 is 0.852 bits per heavy atom. The summed E-state index contributed by atoms with van der Waals surface area (Å²) in [6, 6.07) is 16.2. The van der Waals surface area contributed by atoms with Crippen LogP contribution in [0.1, 0.15) is 18.1 Å². The highest BCUT2D eigenvalue weighted by Crippen LogP contribution is 2.40. The SMILES string of the molecule is CCN1N=C(c2ccc(OC)c(OC)c2)c2ccc(OC)c3cccc1c23. The molecule has 0 N–H and O–H groups in total. The third-order valence-electron chi connectivity index (χ3n) is 4.91. The topological polar surface area (TPSA) is 43.3 Å². The minimum Gasteiger partial charge on any atom is -0.496 e. The molecule has 0 saturated heterocycles. The van der Waals surface area contributed by atoms with Crippen molar-refractivity contribution in [3.8, 4) is 17.2 Å². The molecular formula is C22H22N2O3. The molecule has 0 amide bonds. The summed E-state index contributed by atoms with van der Waals surface area (Å²) in [4.78, 5) is 0. The molecule has 0 bridgehead atoms. The number of hydrazone groups is 1. The molecule has 5 heteroatoms. The van der Waals surface area contributed by atoms with Gasteiger partial charge in [-0.25, -0.2) is 0 Å². The summed E-state index contributed by atoms with van der Waals surface area (Å²) in [6.07, 6.45) is 0. The molecule has 4 rings (SSSR count). The van der Waals surface area contributed by atoms with Gasteiger partial charge in [0.2, 0.25) is 0 Å². The first-order valence-electron chi connectivity index (χ1n) is 8.90. The van der Waals surface area contributed by atoms with E-state index in [0.717, 1.165) is 45.6 Å². The van der Waals surface area contributed by atoms with Crippen molar-refractivity contribution < 1.29 is 14.2 Å². The lowest BCUT2D eigenvalue weighted by Gasteiger charge is -2.28. The highest BCUT2D eigenvalue weighted by molar-refractivity contribution is 6.24. The Morgan fingerprint density at radius 3 is 2.30 bits per heavy atom. The lowest BCUT2D eigenvalue weighted by atomic mass is 9.93. The summed E-state index contributed by atoms with van der Waals surface area (Å²) >= 11 is 0. The van der Waals surface area contributed by atoms with Gasteiger partial charge < -0.3 is 14.2 Å². The normalized spacial score (nSPS) is 12.7. The molecule has 1 heterocycles. The van der Waals surface area contributed by atoms with E-state index < -0.39 is 0 Å². The molecule has 0 radical (unpaired) electrons. The van der Waals surface area contributed by atoms with E-state index in [2.05, 4.69) is 25.1 Å². The Morgan fingerprint density at radius 2 is 1.59 bits per heavy atom. The Kier molecular flexibility index (Phi) is 4.36. The molecule has 0 spiro atoms. The van der Waals surface area contributed by atoms with Gasteiger partial charge in [0.05, 0.1) is 32.7 Å². The van der Waals surface area contributed by atoms with Crippen LogP contribution in [0, 0.1) is 0 Å². The molecule has 0 atom stereocenters. The minimum absolute atomic E-state index is 0.685. The van der Waals surface area contributed by atoms with Gasteiger partial charge in [-0.3, -0.25) is 5.01 Å². The summed E-state index contributed by atoms with van der Waals surface area (Å²) < 4.78 is 16.4. The number of anilines is 1. The quantitative estimate of drug-likeness (QED) is 0.672. The third-order valence-corrected chi connectivity index (χ3v) is 4.91. The van der Waals surface area contributed by atoms with Crippen LogP contribution in [0.4, 0.5) is 5.69 Å². The van der Waals surface area contributed by atoms with Crippen molar-refractivity contribution in [2.45, 2.75) is 6.92 Å². The van der Waals surface area contributed by atoms with Crippen LogP contribution in [0.5, 0.6) is 17.2 Å². The zero-order valence-electron chi connectivity index (χ0n) is 15.9. The molecule has 0 aromatic heterocycles. The number of rotatable bonds is 5. The second-order valence-corrected chi connectivity index (χ2v) is 6.25. The minimum atomic E-state index is 0.685. The number of benzene rings is 3. The molecular weight excluding hydrogens is 340 g/mol. The van der Waals surface area contributed by atoms with Crippen molar-refractivity contribution in [2.24, 2.45) is 5.10 Å². The number of nitrogens with zero attached hydrogens (tertiary/aromatic N) is 2. The molecule has 1 aliphatic rings. The van der Waals surface area contributed by atoms with Crippen molar-refractivity contribution in [3.05, 3.63) is 59.7 Å². The summed E-state index contributed by atoms with van der Waals surface area (Å²) in [6.45, 7) is 2.87. The second-order valence-electron chi connectivity index (χ2n) is 6.25. The lowest BCUT2D eigenvalue weighted by Crippen LogP contribution is -2.24. The Labute approximate surface area is 158 Å². The molecule has 0 saturated carbocycles. The monoisotopic (exact) mass is 362 g/mol. The van der Waals surface area contributed by atoms with Gasteiger partial charge >= 0.3 is 0 Å². The molecule has 0 aliphatic carbocycles. The largest absolute Gasteiger partial charge is 0.496 e. The van der Waals surface area contributed by atoms with Crippen LogP contribution in [0.25, 0.3) is 10.8 Å². The van der Waals surface area contributed by atoms with Crippen LogP contribution in [0.15, 0.2) is 53.6 Å². The number of hydrogen-bond acceptors (Lipinski definition) is 5. The lowest BCUT2D eigenvalue weighted by molar-refractivity contribution is 0.355. The smallest absolute Gasteiger partial charge is 0.161 e. The first-order chi connectivity index (χ1) is 13.2. The van der Waals surface area contributed by atoms with Crippen molar-refractivity contribution >= 4 is 22.2 Å². The molecule has 0 fully saturated rings. The average molecular weight is 362 g/mol. The third kappa shape index (κ3) is 2.67. The van der Waals surface area contributed by atoms with E-state index >= 15 is 0 Å². The number of ether oxygens (including phenoxy) is 3. The zero-order valence-corrected chi connectivity index (χ0v) is 15.9. The van der Waals surface area contributed by atoms with E-state index in [-0.39, 0.29) is 0 Å². The van der Waals surface area contributed by atoms with Crippen LogP contribution in [0.3, 0.4) is 0 Å². The van der Waals surface area contributed by atoms with E-state index in [0.29, 0.717) is 11.5 Å². The van der Waals surface area contributed by atoms with Gasteiger partial charge in [-0.2, -0.15) is 5.10 Å². The predicted molar refractivity (Wildman–Crippen MR) is 109 cm³/mol. The number of methoxy groups -OCH3 is 3. The van der Waals surface area contributed by atoms with E-state index in [4.69, 9.17) is 19.3 Å². The molecule has 0 unspecified atom stereocenters. The van der Waals surface area contributed by atoms with E-state index in [9.17, 15) is 0 Å². The van der Waals surface area contributed by atoms with Crippen LogP contribution in [0.2, 0.25) is 0 Å². The zero-order chi connectivity index (χ0) is 19.0. The standard InChI is InChI=1S/C22H22N2O3/c1-5-24-17-8-6-7-15-18(25-2)12-10-16(21(15)17)22(23-24)14-9-11-19(26-3)20(13-14)27-4/h6-13H,5H2,1-4H3. The Bertz CT molecular complexity index is 1040. The maximum Gasteiger partial charge on any atom is 0.161 e. The van der Waals surface area contributed by atoms with Crippen molar-refractivity contribution in [3.63, 3.8) is 0 Å². The maximum absolute atomic E-state index is 5.59. The van der Waals surface area contributed by atoms with Crippen molar-refractivity contribution in [2.75, 3.05) is 32.9 Å². The van der Waals surface area contributed by atoms with Gasteiger partial charge in [0.25, 0.3) is 0 Å². The van der Waals surface area contributed by atoms with Crippen LogP contribution < -0.4 is 19.2 Å². The molecule has 3 aromatic carbocycles. The van der Waals surface area contributed by atoms with Crippen molar-refractivity contribution in [1.82, 2.24) is 0 Å². The second kappa shape index (κ2) is 6.83. The summed E-state index contributed by atoms with van der Waals surface area (Å²) in [7, 11) is 4.98. The van der Waals surface area contributed by atoms with Gasteiger partial charge in [-0.1, -0.05) is 12.1 Å². The van der Waals surface area contributed by atoms with Gasteiger partial charge in [0.15, 0.2) is 11.5 Å². The van der Waals surface area contributed by atoms with Gasteiger partial charge in [0, 0.05) is 28.4 Å². The molecule has 3 aromatic rings. The molecule has 5 nitrogen and oxygen atoms in total. The molecule has 27 heavy (non-hydrogen) atoms. The van der Waals surface area contributed by atoms with E-state index in [1.54, 1.807) is 21.3 Å². The van der Waals surface area contributed by atoms with Crippen molar-refractivity contribution in [1.29, 1.82) is 0 Å². The fourth-order valence-corrected chi connectivity index (χ4v) is 3.62. The van der Waals surface area contributed by atoms with Gasteiger partial charge in [0.1, 0.15) is 5.75 Å². The highest BCUT2D eigenvalue weighted by Gasteiger charge is 2.24. The summed E-state index contributed by atoms with van der Waals surface area (Å²) in [5, 5.41) is 9.20. The number of hydrogen-bond donors (Lipinski definition) is 0. The summed E-state index contributed by atoms with van der Waals surface area (Å²) in [5.41, 5.74) is 4.06. The van der Waals surface area contributed by atoms with E-state index in [1.807, 2.05) is 35.3 Å². The van der Waals surface area contributed by atoms with Crippen LogP contribution >= 0.6 is 0 Å². The first kappa shape index (κ1) is 17.2. The Balaban J connectivity index is 1.98. The summed E-state index contributed by atoms with van der Waals surface area (Å²) in [5.74, 6) is 2.25. The highest BCUT2D eigenvalue weighted by atomic mass is 16.5. The fraction of sp³-hybridized carbons (Fsp3) is 0.227. The van der Waals surface area contributed by atoms with E-state index in [1.165, 1.54) is 0 Å². The molecule has 1 aliphatic heterocycles. The van der Waals surface area contributed by atoms with Gasteiger partial charge in [-0.05, 0) is 43.3 Å². The molecule has 138 valence electrons. The maximum atomic E-state index is 5.59. The predicted octanol–water partition coefficient (Wildman–Crippen LogP) is 4.46. The Hall–Kier alpha value is -3.21. The van der Waals surface area contributed by atoms with Crippen LogP contribution in [-0.2, 0) is 0 Å². The average Bonchev–Trinajstić information content (AvgIpc) is 2.73. The fourth-order valence-electron chi connectivity index (χ4n) is 3.62. The van der Waals surface area contributed by atoms with Gasteiger partial charge in [-0.15, -0.1) is 0 Å². The van der Waals surface area contributed by atoms with Crippen LogP contribution in [-0.4, -0.2) is 33.6 Å². The first-order valence-corrected chi connectivity index (χ1v) is 8.90.